The number of hydrazine groups is 1. The van der Waals surface area contributed by atoms with E-state index >= 15 is 0 Å². The standard InChI is InChI=1S/C13H23F2N3/c14-13(15)8-6-10(7-9-13)12(18-16)17-11-4-2-1-3-5-11/h10-11H,1-9,16H2,(H,17,18). The molecule has 2 fully saturated rings. The average molecular weight is 259 g/mol. The van der Waals surface area contributed by atoms with Crippen LogP contribution in [0.2, 0.25) is 0 Å². The summed E-state index contributed by atoms with van der Waals surface area (Å²) in [6, 6.07) is 0.340. The van der Waals surface area contributed by atoms with Crippen molar-refractivity contribution in [2.75, 3.05) is 0 Å². The first-order valence-electron chi connectivity index (χ1n) is 7.03. The second kappa shape index (κ2) is 5.95. The minimum Gasteiger partial charge on any atom is -0.312 e. The molecule has 0 aliphatic heterocycles. The van der Waals surface area contributed by atoms with Gasteiger partial charge in [0.2, 0.25) is 5.92 Å². The number of aliphatic imine (C=N–C) groups is 1. The Morgan fingerprint density at radius 2 is 1.67 bits per heavy atom. The first kappa shape index (κ1) is 13.7. The van der Waals surface area contributed by atoms with Crippen molar-refractivity contribution in [1.82, 2.24) is 5.43 Å². The molecular weight excluding hydrogens is 236 g/mol. The maximum Gasteiger partial charge on any atom is 0.248 e. The van der Waals surface area contributed by atoms with Gasteiger partial charge in [0.05, 0.1) is 6.04 Å². The third-order valence-corrected chi connectivity index (χ3v) is 4.15. The summed E-state index contributed by atoms with van der Waals surface area (Å²) in [4.78, 5) is 4.66. The number of hydrogen-bond acceptors (Lipinski definition) is 2. The number of hydrogen-bond donors (Lipinski definition) is 2. The predicted molar refractivity (Wildman–Crippen MR) is 68.5 cm³/mol. The third kappa shape index (κ3) is 3.64. The Kier molecular flexibility index (Phi) is 4.54. The third-order valence-electron chi connectivity index (χ3n) is 4.15. The largest absolute Gasteiger partial charge is 0.312 e. The van der Waals surface area contributed by atoms with Gasteiger partial charge in [-0.3, -0.25) is 4.99 Å². The minimum absolute atomic E-state index is 0.0387. The zero-order valence-corrected chi connectivity index (χ0v) is 10.8. The first-order chi connectivity index (χ1) is 8.61. The fourth-order valence-corrected chi connectivity index (χ4v) is 2.98. The predicted octanol–water partition coefficient (Wildman–Crippen LogP) is 3.01. The smallest absolute Gasteiger partial charge is 0.248 e. The SMILES string of the molecule is NNC(=NC1CCCCC1)C1CCC(F)(F)CC1. The molecule has 3 nitrogen and oxygen atoms in total. The van der Waals surface area contributed by atoms with Crippen LogP contribution in [-0.2, 0) is 0 Å². The van der Waals surface area contributed by atoms with Crippen LogP contribution in [0.25, 0.3) is 0 Å². The highest BCUT2D eigenvalue weighted by Crippen LogP contribution is 2.36. The summed E-state index contributed by atoms with van der Waals surface area (Å²) in [6.07, 6.45) is 6.83. The molecule has 0 heterocycles. The number of alkyl halides is 2. The summed E-state index contributed by atoms with van der Waals surface area (Å²) in [5.74, 6) is 3.88. The van der Waals surface area contributed by atoms with Crippen molar-refractivity contribution in [3.8, 4) is 0 Å². The molecule has 0 spiro atoms. The summed E-state index contributed by atoms with van der Waals surface area (Å²) < 4.78 is 26.2. The van der Waals surface area contributed by atoms with Crippen LogP contribution in [0.5, 0.6) is 0 Å². The number of rotatable bonds is 2. The van der Waals surface area contributed by atoms with Gasteiger partial charge in [0.15, 0.2) is 0 Å². The van der Waals surface area contributed by atoms with Gasteiger partial charge in [0.1, 0.15) is 5.84 Å². The van der Waals surface area contributed by atoms with Crippen molar-refractivity contribution in [3.05, 3.63) is 0 Å². The van der Waals surface area contributed by atoms with Gasteiger partial charge in [-0.05, 0) is 25.7 Å². The summed E-state index contributed by atoms with van der Waals surface area (Å²) in [7, 11) is 0. The molecule has 0 unspecified atom stereocenters. The normalized spacial score (nSPS) is 27.2. The Labute approximate surface area is 107 Å². The molecule has 104 valence electrons. The van der Waals surface area contributed by atoms with E-state index in [1.165, 1.54) is 19.3 Å². The maximum atomic E-state index is 13.1. The van der Waals surface area contributed by atoms with Crippen LogP contribution in [-0.4, -0.2) is 17.8 Å². The molecule has 5 heteroatoms. The molecular formula is C13H23F2N3. The van der Waals surface area contributed by atoms with Gasteiger partial charge in [-0.1, -0.05) is 19.3 Å². The van der Waals surface area contributed by atoms with Gasteiger partial charge < -0.3 is 5.43 Å². The quantitative estimate of drug-likeness (QED) is 0.346. The Morgan fingerprint density at radius 3 is 2.22 bits per heavy atom. The van der Waals surface area contributed by atoms with E-state index in [4.69, 9.17) is 5.84 Å². The lowest BCUT2D eigenvalue weighted by Crippen LogP contribution is -2.40. The lowest BCUT2D eigenvalue weighted by Gasteiger charge is -2.30. The van der Waals surface area contributed by atoms with Crippen molar-refractivity contribution in [3.63, 3.8) is 0 Å². The fourth-order valence-electron chi connectivity index (χ4n) is 2.98. The Hall–Kier alpha value is -0.710. The molecule has 0 bridgehead atoms. The zero-order valence-electron chi connectivity index (χ0n) is 10.8. The number of halogens is 2. The Bertz CT molecular complexity index is 289. The number of amidine groups is 1. The molecule has 0 atom stereocenters. The van der Waals surface area contributed by atoms with E-state index in [9.17, 15) is 8.78 Å². The van der Waals surface area contributed by atoms with Gasteiger partial charge in [0.25, 0.3) is 0 Å². The van der Waals surface area contributed by atoms with Crippen molar-refractivity contribution < 1.29 is 8.78 Å². The van der Waals surface area contributed by atoms with Crippen molar-refractivity contribution in [2.45, 2.75) is 69.8 Å². The molecule has 0 radical (unpaired) electrons. The van der Waals surface area contributed by atoms with Crippen molar-refractivity contribution in [1.29, 1.82) is 0 Å². The van der Waals surface area contributed by atoms with Gasteiger partial charge in [0, 0.05) is 18.8 Å². The van der Waals surface area contributed by atoms with Crippen LogP contribution in [0.1, 0.15) is 57.8 Å². The van der Waals surface area contributed by atoms with E-state index in [1.807, 2.05) is 0 Å². The van der Waals surface area contributed by atoms with E-state index in [-0.39, 0.29) is 18.8 Å². The second-order valence-corrected chi connectivity index (χ2v) is 5.58. The average Bonchev–Trinajstić information content (AvgIpc) is 2.38. The molecule has 0 saturated heterocycles. The van der Waals surface area contributed by atoms with Crippen LogP contribution in [0, 0.1) is 5.92 Å². The lowest BCUT2D eigenvalue weighted by atomic mass is 9.85. The van der Waals surface area contributed by atoms with Gasteiger partial charge in [-0.2, -0.15) is 0 Å². The molecule has 0 aromatic heterocycles. The van der Waals surface area contributed by atoms with Crippen molar-refractivity contribution in [2.24, 2.45) is 16.8 Å². The fraction of sp³-hybridized carbons (Fsp3) is 0.923. The highest BCUT2D eigenvalue weighted by atomic mass is 19.3. The first-order valence-corrected chi connectivity index (χ1v) is 7.03. The van der Waals surface area contributed by atoms with Crippen LogP contribution in [0.3, 0.4) is 0 Å². The zero-order chi connectivity index (χ0) is 13.0. The van der Waals surface area contributed by atoms with E-state index in [2.05, 4.69) is 10.4 Å². The molecule has 2 saturated carbocycles. The monoisotopic (exact) mass is 259 g/mol. The molecule has 0 amide bonds. The van der Waals surface area contributed by atoms with Gasteiger partial charge in [-0.15, -0.1) is 0 Å². The Balaban J connectivity index is 1.93. The molecule has 0 aromatic rings. The van der Waals surface area contributed by atoms with Crippen LogP contribution >= 0.6 is 0 Å². The number of nitrogens with one attached hydrogen (secondary N) is 1. The van der Waals surface area contributed by atoms with Crippen LogP contribution < -0.4 is 11.3 Å². The Morgan fingerprint density at radius 1 is 1.06 bits per heavy atom. The van der Waals surface area contributed by atoms with Gasteiger partial charge in [-0.25, -0.2) is 14.6 Å². The van der Waals surface area contributed by atoms with E-state index in [0.717, 1.165) is 18.7 Å². The highest BCUT2D eigenvalue weighted by Gasteiger charge is 2.36. The van der Waals surface area contributed by atoms with E-state index < -0.39 is 5.92 Å². The molecule has 0 aromatic carbocycles. The maximum absolute atomic E-state index is 13.1. The molecule has 2 rings (SSSR count). The van der Waals surface area contributed by atoms with E-state index in [0.29, 0.717) is 18.9 Å². The molecule has 3 N–H and O–H groups in total. The lowest BCUT2D eigenvalue weighted by molar-refractivity contribution is -0.0396. The molecule has 18 heavy (non-hydrogen) atoms. The van der Waals surface area contributed by atoms with Crippen LogP contribution in [0.4, 0.5) is 8.78 Å². The van der Waals surface area contributed by atoms with Gasteiger partial charge >= 0.3 is 0 Å². The minimum atomic E-state index is -2.49. The summed E-state index contributed by atoms with van der Waals surface area (Å²) in [5.41, 5.74) is 2.65. The van der Waals surface area contributed by atoms with E-state index in [1.54, 1.807) is 0 Å². The molecule has 2 aliphatic carbocycles. The summed E-state index contributed by atoms with van der Waals surface area (Å²) in [6.45, 7) is 0. The summed E-state index contributed by atoms with van der Waals surface area (Å²) >= 11 is 0. The highest BCUT2D eigenvalue weighted by molar-refractivity contribution is 5.84. The van der Waals surface area contributed by atoms with Crippen LogP contribution in [0.15, 0.2) is 4.99 Å². The number of nitrogens with zero attached hydrogens (tertiary/aromatic N) is 1. The summed E-state index contributed by atoms with van der Waals surface area (Å²) in [5, 5.41) is 0. The topological polar surface area (TPSA) is 50.4 Å². The number of nitrogens with two attached hydrogens (primary N) is 1. The molecule has 2 aliphatic rings. The second-order valence-electron chi connectivity index (χ2n) is 5.58. The van der Waals surface area contributed by atoms with Crippen molar-refractivity contribution >= 4 is 5.84 Å².